The molecule has 0 amide bonds. The Morgan fingerprint density at radius 2 is 1.83 bits per heavy atom. The summed E-state index contributed by atoms with van der Waals surface area (Å²) >= 11 is 0. The largest absolute Gasteiger partial charge is 0.497 e. The summed E-state index contributed by atoms with van der Waals surface area (Å²) in [6.45, 7) is 0. The van der Waals surface area contributed by atoms with E-state index in [0.29, 0.717) is 11.3 Å². The third-order valence-corrected chi connectivity index (χ3v) is 3.76. The molecule has 4 rings (SSSR count). The van der Waals surface area contributed by atoms with Gasteiger partial charge in [0, 0.05) is 11.1 Å². The highest BCUT2D eigenvalue weighted by Gasteiger charge is 2.11. The number of nitrogens with zero attached hydrogens (tertiary/aromatic N) is 4. The summed E-state index contributed by atoms with van der Waals surface area (Å²) in [5.74, 6) is 0.929. The van der Waals surface area contributed by atoms with Crippen molar-refractivity contribution in [1.29, 1.82) is 0 Å². The van der Waals surface area contributed by atoms with Crippen molar-refractivity contribution in [2.24, 2.45) is 0 Å². The first-order chi connectivity index (χ1) is 11.7. The second kappa shape index (κ2) is 5.73. The molecule has 0 unspecified atom stereocenters. The molecule has 0 N–H and O–H groups in total. The molecule has 0 saturated heterocycles. The van der Waals surface area contributed by atoms with Crippen molar-refractivity contribution in [1.82, 2.24) is 19.6 Å². The fourth-order valence-corrected chi connectivity index (χ4v) is 2.58. The average Bonchev–Trinajstić information content (AvgIpc) is 3.09. The predicted molar refractivity (Wildman–Crippen MR) is 88.2 cm³/mol. The van der Waals surface area contributed by atoms with Crippen LogP contribution in [0.3, 0.4) is 0 Å². The van der Waals surface area contributed by atoms with Crippen molar-refractivity contribution >= 4 is 5.78 Å². The number of aromatic nitrogens is 4. The van der Waals surface area contributed by atoms with E-state index in [1.54, 1.807) is 17.7 Å². The number of rotatable bonds is 3. The second-order valence-corrected chi connectivity index (χ2v) is 5.24. The molecule has 0 aliphatic heterocycles. The lowest BCUT2D eigenvalue weighted by Crippen LogP contribution is -1.99. The van der Waals surface area contributed by atoms with Gasteiger partial charge in [-0.15, -0.1) is 0 Å². The van der Waals surface area contributed by atoms with Crippen LogP contribution >= 0.6 is 0 Å². The van der Waals surface area contributed by atoms with E-state index < -0.39 is 0 Å². The van der Waals surface area contributed by atoms with Gasteiger partial charge >= 0.3 is 0 Å². The normalized spacial score (nSPS) is 10.9. The van der Waals surface area contributed by atoms with Gasteiger partial charge in [0.1, 0.15) is 17.9 Å². The van der Waals surface area contributed by atoms with E-state index in [0.717, 1.165) is 22.7 Å². The monoisotopic (exact) mass is 320 g/mol. The summed E-state index contributed by atoms with van der Waals surface area (Å²) < 4.78 is 20.4. The lowest BCUT2D eigenvalue weighted by atomic mass is 10.1. The van der Waals surface area contributed by atoms with Crippen LogP contribution in [0.1, 0.15) is 0 Å². The Morgan fingerprint density at radius 1 is 1.00 bits per heavy atom. The molecule has 0 bridgehead atoms. The smallest absolute Gasteiger partial charge is 0.253 e. The number of hydrogen-bond donors (Lipinski definition) is 0. The van der Waals surface area contributed by atoms with Gasteiger partial charge in [0.2, 0.25) is 0 Å². The van der Waals surface area contributed by atoms with Crippen molar-refractivity contribution in [2.45, 2.75) is 0 Å². The fourth-order valence-electron chi connectivity index (χ4n) is 2.58. The molecule has 0 spiro atoms. The summed E-state index contributed by atoms with van der Waals surface area (Å²) in [7, 11) is 1.62. The first-order valence-electron chi connectivity index (χ1n) is 7.36. The maximum absolute atomic E-state index is 13.6. The summed E-state index contributed by atoms with van der Waals surface area (Å²) in [5, 5.41) is 4.19. The number of methoxy groups -OCH3 is 1. The van der Waals surface area contributed by atoms with E-state index in [2.05, 4.69) is 15.1 Å². The zero-order valence-electron chi connectivity index (χ0n) is 12.8. The molecule has 4 aromatic rings. The van der Waals surface area contributed by atoms with Crippen LogP contribution in [0.15, 0.2) is 60.9 Å². The zero-order chi connectivity index (χ0) is 16.5. The minimum absolute atomic E-state index is 0.302. The molecule has 2 heterocycles. The Kier molecular flexibility index (Phi) is 3.42. The Hall–Kier alpha value is -3.28. The number of hydrogen-bond acceptors (Lipinski definition) is 4. The maximum atomic E-state index is 13.6. The Bertz CT molecular complexity index is 1010. The predicted octanol–water partition coefficient (Wildman–Crippen LogP) is 3.61. The Labute approximate surface area is 137 Å². The summed E-state index contributed by atoms with van der Waals surface area (Å²) in [6.07, 6.45) is 1.43. The molecule has 0 radical (unpaired) electrons. The molecule has 118 valence electrons. The zero-order valence-corrected chi connectivity index (χ0v) is 12.8. The third-order valence-electron chi connectivity index (χ3n) is 3.76. The maximum Gasteiger partial charge on any atom is 0.253 e. The van der Waals surface area contributed by atoms with Crippen molar-refractivity contribution in [3.63, 3.8) is 0 Å². The molecule has 6 heteroatoms. The van der Waals surface area contributed by atoms with Crippen LogP contribution in [0.2, 0.25) is 0 Å². The topological polar surface area (TPSA) is 52.3 Å². The summed E-state index contributed by atoms with van der Waals surface area (Å²) in [4.78, 5) is 8.69. The van der Waals surface area contributed by atoms with E-state index in [9.17, 15) is 4.39 Å². The van der Waals surface area contributed by atoms with Crippen LogP contribution in [-0.4, -0.2) is 26.7 Å². The summed E-state index contributed by atoms with van der Waals surface area (Å²) in [5.41, 5.74) is 3.09. The molecule has 0 aliphatic rings. The number of fused-ring (bicyclic) bond motifs is 1. The minimum atomic E-state index is -0.302. The van der Waals surface area contributed by atoms with Crippen LogP contribution in [0, 0.1) is 5.82 Å². The van der Waals surface area contributed by atoms with Crippen LogP contribution in [0.25, 0.3) is 28.3 Å². The van der Waals surface area contributed by atoms with Crippen molar-refractivity contribution in [2.75, 3.05) is 7.11 Å². The molecule has 0 saturated carbocycles. The van der Waals surface area contributed by atoms with Gasteiger partial charge < -0.3 is 4.74 Å². The highest BCUT2D eigenvalue weighted by molar-refractivity contribution is 5.70. The van der Waals surface area contributed by atoms with Gasteiger partial charge in [-0.25, -0.2) is 9.37 Å². The van der Waals surface area contributed by atoms with Crippen molar-refractivity contribution in [3.05, 3.63) is 66.7 Å². The highest BCUT2D eigenvalue weighted by atomic mass is 19.1. The molecule has 2 aromatic carbocycles. The molecule has 5 nitrogen and oxygen atoms in total. The lowest BCUT2D eigenvalue weighted by Gasteiger charge is -2.08. The van der Waals surface area contributed by atoms with Crippen LogP contribution < -0.4 is 4.74 Å². The molecule has 24 heavy (non-hydrogen) atoms. The Morgan fingerprint density at radius 3 is 2.58 bits per heavy atom. The van der Waals surface area contributed by atoms with Crippen molar-refractivity contribution < 1.29 is 9.13 Å². The van der Waals surface area contributed by atoms with E-state index in [1.165, 1.54) is 18.5 Å². The van der Waals surface area contributed by atoms with Gasteiger partial charge in [-0.2, -0.15) is 14.6 Å². The number of ether oxygens (including phenoxy) is 1. The first-order valence-corrected chi connectivity index (χ1v) is 7.36. The fraction of sp³-hybridized carbons (Fsp3) is 0.0556. The van der Waals surface area contributed by atoms with E-state index in [-0.39, 0.29) is 5.82 Å². The third kappa shape index (κ3) is 2.48. The molecular weight excluding hydrogens is 307 g/mol. The molecule has 2 aromatic heterocycles. The van der Waals surface area contributed by atoms with E-state index >= 15 is 0 Å². The first kappa shape index (κ1) is 14.3. The second-order valence-electron chi connectivity index (χ2n) is 5.24. The van der Waals surface area contributed by atoms with E-state index in [4.69, 9.17) is 4.74 Å². The van der Waals surface area contributed by atoms with Crippen LogP contribution in [-0.2, 0) is 0 Å². The van der Waals surface area contributed by atoms with Gasteiger partial charge in [0.05, 0.1) is 18.5 Å². The van der Waals surface area contributed by atoms with Crippen LogP contribution in [0.5, 0.6) is 5.75 Å². The van der Waals surface area contributed by atoms with Gasteiger partial charge in [-0.05, 0) is 42.5 Å². The SMILES string of the molecule is COc1ccc(-c2cc(-c3cccc(F)c3)n3ncnc3n2)cc1. The van der Waals surface area contributed by atoms with E-state index in [1.807, 2.05) is 36.4 Å². The van der Waals surface area contributed by atoms with Crippen molar-refractivity contribution in [3.8, 4) is 28.3 Å². The number of halogens is 1. The van der Waals surface area contributed by atoms with Crippen LogP contribution in [0.4, 0.5) is 4.39 Å². The molecule has 0 atom stereocenters. The Balaban J connectivity index is 1.91. The van der Waals surface area contributed by atoms with Gasteiger partial charge in [-0.3, -0.25) is 0 Å². The molecule has 0 aliphatic carbocycles. The lowest BCUT2D eigenvalue weighted by molar-refractivity contribution is 0.415. The summed E-state index contributed by atoms with van der Waals surface area (Å²) in [6, 6.07) is 15.8. The quantitative estimate of drug-likeness (QED) is 0.579. The molecular formula is C18H13FN4O. The van der Waals surface area contributed by atoms with Gasteiger partial charge in [0.15, 0.2) is 0 Å². The average molecular weight is 320 g/mol. The highest BCUT2D eigenvalue weighted by Crippen LogP contribution is 2.27. The van der Waals surface area contributed by atoms with Gasteiger partial charge in [0.25, 0.3) is 5.78 Å². The molecule has 0 fully saturated rings. The standard InChI is InChI=1S/C18H13FN4O/c1-24-15-7-5-12(6-8-15)16-10-17(13-3-2-4-14(19)9-13)23-18(22-16)20-11-21-23/h2-11H,1H3. The minimum Gasteiger partial charge on any atom is -0.497 e. The van der Waals surface area contributed by atoms with Gasteiger partial charge in [-0.1, -0.05) is 12.1 Å². The number of benzene rings is 2.